The van der Waals surface area contributed by atoms with E-state index in [2.05, 4.69) is 5.32 Å². The van der Waals surface area contributed by atoms with E-state index in [-0.39, 0.29) is 24.5 Å². The standard InChI is InChI=1S/C24H22FNO5/c1-29-22-8-3-2-5-19(22)14-26-23(27)16-31-24(28)18-6-4-7-21(13-18)30-15-17-9-11-20(25)12-10-17/h2-13H,14-16H2,1H3,(H,26,27). The fraction of sp³-hybridized carbons (Fsp3) is 0.167. The highest BCUT2D eigenvalue weighted by molar-refractivity contribution is 5.91. The molecule has 7 heteroatoms. The second kappa shape index (κ2) is 10.8. The molecular formula is C24H22FNO5. The van der Waals surface area contributed by atoms with Crippen LogP contribution in [-0.4, -0.2) is 25.6 Å². The van der Waals surface area contributed by atoms with E-state index in [9.17, 15) is 14.0 Å². The number of para-hydroxylation sites is 1. The summed E-state index contributed by atoms with van der Waals surface area (Å²) < 4.78 is 28.9. The predicted octanol–water partition coefficient (Wildman–Crippen LogP) is 3.89. The van der Waals surface area contributed by atoms with Crippen LogP contribution in [0.4, 0.5) is 4.39 Å². The van der Waals surface area contributed by atoms with E-state index in [1.807, 2.05) is 18.2 Å². The minimum absolute atomic E-state index is 0.226. The lowest BCUT2D eigenvalue weighted by molar-refractivity contribution is -0.124. The number of ether oxygens (including phenoxy) is 3. The SMILES string of the molecule is COc1ccccc1CNC(=O)COC(=O)c1cccc(OCc2ccc(F)cc2)c1. The zero-order valence-electron chi connectivity index (χ0n) is 17.0. The summed E-state index contributed by atoms with van der Waals surface area (Å²) >= 11 is 0. The van der Waals surface area contributed by atoms with Gasteiger partial charge in [0, 0.05) is 12.1 Å². The molecule has 3 rings (SSSR count). The second-order valence-electron chi connectivity index (χ2n) is 6.61. The highest BCUT2D eigenvalue weighted by Gasteiger charge is 2.12. The molecule has 0 fully saturated rings. The predicted molar refractivity (Wildman–Crippen MR) is 112 cm³/mol. The van der Waals surface area contributed by atoms with E-state index in [0.29, 0.717) is 11.5 Å². The van der Waals surface area contributed by atoms with Gasteiger partial charge < -0.3 is 19.5 Å². The van der Waals surface area contributed by atoms with E-state index < -0.39 is 18.5 Å². The largest absolute Gasteiger partial charge is 0.496 e. The molecule has 0 unspecified atom stereocenters. The number of benzene rings is 3. The molecule has 6 nitrogen and oxygen atoms in total. The van der Waals surface area contributed by atoms with Gasteiger partial charge >= 0.3 is 5.97 Å². The van der Waals surface area contributed by atoms with Crippen molar-refractivity contribution < 1.29 is 28.2 Å². The number of nitrogens with one attached hydrogen (secondary N) is 1. The van der Waals surface area contributed by atoms with E-state index in [4.69, 9.17) is 14.2 Å². The normalized spacial score (nSPS) is 10.3. The quantitative estimate of drug-likeness (QED) is 0.529. The number of carbonyl (C=O) groups is 2. The Balaban J connectivity index is 1.48. The van der Waals surface area contributed by atoms with Gasteiger partial charge in [0.05, 0.1) is 12.7 Å². The fourth-order valence-electron chi connectivity index (χ4n) is 2.77. The molecule has 0 radical (unpaired) electrons. The highest BCUT2D eigenvalue weighted by Crippen LogP contribution is 2.17. The Labute approximate surface area is 179 Å². The summed E-state index contributed by atoms with van der Waals surface area (Å²) in [7, 11) is 1.56. The van der Waals surface area contributed by atoms with Gasteiger partial charge in [-0.2, -0.15) is 0 Å². The van der Waals surface area contributed by atoms with Crippen molar-refractivity contribution in [3.8, 4) is 11.5 Å². The molecule has 31 heavy (non-hydrogen) atoms. The molecule has 3 aromatic carbocycles. The van der Waals surface area contributed by atoms with Crippen LogP contribution in [0.1, 0.15) is 21.5 Å². The molecular weight excluding hydrogens is 401 g/mol. The van der Waals surface area contributed by atoms with Crippen molar-refractivity contribution in [3.05, 3.63) is 95.3 Å². The van der Waals surface area contributed by atoms with Crippen LogP contribution in [0.15, 0.2) is 72.8 Å². The molecule has 0 atom stereocenters. The maximum atomic E-state index is 13.0. The summed E-state index contributed by atoms with van der Waals surface area (Å²) in [6.07, 6.45) is 0. The molecule has 3 aromatic rings. The van der Waals surface area contributed by atoms with Crippen LogP contribution in [0.25, 0.3) is 0 Å². The van der Waals surface area contributed by atoms with Crippen molar-refractivity contribution in [2.75, 3.05) is 13.7 Å². The van der Waals surface area contributed by atoms with Gasteiger partial charge in [-0.05, 0) is 42.0 Å². The Kier molecular flexibility index (Phi) is 7.59. The van der Waals surface area contributed by atoms with Crippen LogP contribution >= 0.6 is 0 Å². The van der Waals surface area contributed by atoms with Crippen molar-refractivity contribution in [1.82, 2.24) is 5.32 Å². The minimum atomic E-state index is -0.639. The van der Waals surface area contributed by atoms with Crippen molar-refractivity contribution in [2.45, 2.75) is 13.2 Å². The number of rotatable bonds is 9. The molecule has 0 spiro atoms. The zero-order valence-corrected chi connectivity index (χ0v) is 17.0. The fourth-order valence-corrected chi connectivity index (χ4v) is 2.77. The third-order valence-electron chi connectivity index (χ3n) is 4.39. The van der Waals surface area contributed by atoms with Crippen LogP contribution in [0.2, 0.25) is 0 Å². The van der Waals surface area contributed by atoms with Gasteiger partial charge in [-0.25, -0.2) is 9.18 Å². The summed E-state index contributed by atoms with van der Waals surface area (Å²) in [6.45, 7) is 0.0753. The molecule has 0 bridgehead atoms. The van der Waals surface area contributed by atoms with Gasteiger partial charge in [-0.15, -0.1) is 0 Å². The molecule has 0 saturated carbocycles. The molecule has 0 heterocycles. The van der Waals surface area contributed by atoms with Gasteiger partial charge in [0.25, 0.3) is 5.91 Å². The van der Waals surface area contributed by atoms with Crippen molar-refractivity contribution in [3.63, 3.8) is 0 Å². The molecule has 0 saturated heterocycles. The topological polar surface area (TPSA) is 73.9 Å². The van der Waals surface area contributed by atoms with Crippen molar-refractivity contribution in [2.24, 2.45) is 0 Å². The summed E-state index contributed by atoms with van der Waals surface area (Å²) in [5.74, 6) is -0.264. The van der Waals surface area contributed by atoms with Crippen LogP contribution in [0, 0.1) is 5.82 Å². The number of halogens is 1. The molecule has 0 aliphatic heterocycles. The highest BCUT2D eigenvalue weighted by atomic mass is 19.1. The average molecular weight is 423 g/mol. The Morgan fingerprint density at radius 1 is 0.968 bits per heavy atom. The monoisotopic (exact) mass is 423 g/mol. The van der Waals surface area contributed by atoms with E-state index >= 15 is 0 Å². The smallest absolute Gasteiger partial charge is 0.338 e. The Morgan fingerprint density at radius 3 is 2.52 bits per heavy atom. The van der Waals surface area contributed by atoms with Crippen LogP contribution in [0.5, 0.6) is 11.5 Å². The van der Waals surface area contributed by atoms with Gasteiger partial charge in [0.2, 0.25) is 0 Å². The van der Waals surface area contributed by atoms with Gasteiger partial charge in [0.1, 0.15) is 23.9 Å². The van der Waals surface area contributed by atoms with Crippen molar-refractivity contribution >= 4 is 11.9 Å². The van der Waals surface area contributed by atoms with Crippen LogP contribution in [-0.2, 0) is 22.7 Å². The molecule has 1 amide bonds. The average Bonchev–Trinajstić information content (AvgIpc) is 2.81. The minimum Gasteiger partial charge on any atom is -0.496 e. The Morgan fingerprint density at radius 2 is 1.74 bits per heavy atom. The number of methoxy groups -OCH3 is 1. The Hall–Kier alpha value is -3.87. The number of hydrogen-bond acceptors (Lipinski definition) is 5. The Bertz CT molecular complexity index is 1040. The maximum absolute atomic E-state index is 13.0. The van der Waals surface area contributed by atoms with Gasteiger partial charge in [0.15, 0.2) is 6.61 Å². The summed E-state index contributed by atoms with van der Waals surface area (Å²) in [6, 6.07) is 19.7. The number of esters is 1. The molecule has 0 aliphatic rings. The third-order valence-corrected chi connectivity index (χ3v) is 4.39. The summed E-state index contributed by atoms with van der Waals surface area (Å²) in [5.41, 5.74) is 1.87. The first-order chi connectivity index (χ1) is 15.0. The second-order valence-corrected chi connectivity index (χ2v) is 6.61. The first-order valence-corrected chi connectivity index (χ1v) is 9.58. The number of amides is 1. The first-order valence-electron chi connectivity index (χ1n) is 9.58. The number of carbonyl (C=O) groups excluding carboxylic acids is 2. The molecule has 0 aromatic heterocycles. The summed E-state index contributed by atoms with van der Waals surface area (Å²) in [4.78, 5) is 24.3. The third kappa shape index (κ3) is 6.57. The molecule has 1 N–H and O–H groups in total. The molecule has 0 aliphatic carbocycles. The molecule has 160 valence electrons. The van der Waals surface area contributed by atoms with Crippen LogP contribution < -0.4 is 14.8 Å². The number of hydrogen-bond donors (Lipinski definition) is 1. The lowest BCUT2D eigenvalue weighted by Crippen LogP contribution is -2.28. The maximum Gasteiger partial charge on any atom is 0.338 e. The summed E-state index contributed by atoms with van der Waals surface area (Å²) in [5, 5.41) is 2.69. The lowest BCUT2D eigenvalue weighted by Gasteiger charge is -2.10. The van der Waals surface area contributed by atoms with Crippen LogP contribution in [0.3, 0.4) is 0 Å². The van der Waals surface area contributed by atoms with Gasteiger partial charge in [-0.3, -0.25) is 4.79 Å². The van der Waals surface area contributed by atoms with E-state index in [1.165, 1.54) is 18.2 Å². The first kappa shape index (κ1) is 21.8. The lowest BCUT2D eigenvalue weighted by atomic mass is 10.2. The van der Waals surface area contributed by atoms with E-state index in [0.717, 1.165) is 11.1 Å². The zero-order chi connectivity index (χ0) is 22.1. The van der Waals surface area contributed by atoms with Gasteiger partial charge in [-0.1, -0.05) is 36.4 Å². The van der Waals surface area contributed by atoms with Crippen molar-refractivity contribution in [1.29, 1.82) is 0 Å². The van der Waals surface area contributed by atoms with E-state index in [1.54, 1.807) is 43.5 Å².